The van der Waals surface area contributed by atoms with Crippen LogP contribution in [-0.4, -0.2) is 37.9 Å². The van der Waals surface area contributed by atoms with E-state index in [1.54, 1.807) is 4.31 Å². The number of nitrogens with two attached hydrogens (primary N) is 1. The van der Waals surface area contributed by atoms with E-state index < -0.39 is 10.2 Å². The van der Waals surface area contributed by atoms with Crippen molar-refractivity contribution >= 4 is 10.2 Å². The van der Waals surface area contributed by atoms with Crippen molar-refractivity contribution in [1.29, 1.82) is 0 Å². The Labute approximate surface area is 117 Å². The Morgan fingerprint density at radius 3 is 2.37 bits per heavy atom. The van der Waals surface area contributed by atoms with E-state index in [0.29, 0.717) is 19.0 Å². The molecule has 1 aliphatic heterocycles. The third-order valence-electron chi connectivity index (χ3n) is 4.45. The summed E-state index contributed by atoms with van der Waals surface area (Å²) in [5.74, 6) is 0.631. The molecule has 5 nitrogen and oxygen atoms in total. The van der Waals surface area contributed by atoms with Gasteiger partial charge >= 0.3 is 0 Å². The number of hydrogen-bond acceptors (Lipinski definition) is 3. The highest BCUT2D eigenvalue weighted by Crippen LogP contribution is 2.21. The summed E-state index contributed by atoms with van der Waals surface area (Å²) in [6, 6.07) is -0.132. The molecule has 0 aromatic heterocycles. The average Bonchev–Trinajstić information content (AvgIpc) is 2.55. The highest BCUT2D eigenvalue weighted by molar-refractivity contribution is 7.87. The van der Waals surface area contributed by atoms with Crippen LogP contribution in [0.2, 0.25) is 0 Å². The van der Waals surface area contributed by atoms with Crippen LogP contribution in [0, 0.1) is 5.92 Å². The zero-order chi connectivity index (χ0) is 13.9. The second-order valence-electron chi connectivity index (χ2n) is 6.11. The Kier molecular flexibility index (Phi) is 5.22. The van der Waals surface area contributed by atoms with E-state index in [1.807, 2.05) is 0 Å². The molecule has 0 radical (unpaired) electrons. The van der Waals surface area contributed by atoms with Crippen LogP contribution in [0.1, 0.15) is 51.9 Å². The molecule has 2 fully saturated rings. The van der Waals surface area contributed by atoms with E-state index in [9.17, 15) is 8.42 Å². The number of nitrogens with one attached hydrogen (secondary N) is 1. The third-order valence-corrected chi connectivity index (χ3v) is 6.10. The maximum Gasteiger partial charge on any atom is 0.279 e. The SMILES string of the molecule is CC1CCN(S(=O)(=O)NC2CCCCCC2N)CC1. The molecule has 0 aromatic rings. The maximum absolute atomic E-state index is 12.4. The minimum atomic E-state index is -3.35. The van der Waals surface area contributed by atoms with Crippen molar-refractivity contribution in [2.75, 3.05) is 13.1 Å². The second-order valence-corrected chi connectivity index (χ2v) is 7.82. The van der Waals surface area contributed by atoms with Crippen LogP contribution in [0.4, 0.5) is 0 Å². The van der Waals surface area contributed by atoms with Crippen LogP contribution in [-0.2, 0) is 10.2 Å². The molecular weight excluding hydrogens is 262 g/mol. The van der Waals surface area contributed by atoms with Gasteiger partial charge in [0.15, 0.2) is 0 Å². The third kappa shape index (κ3) is 4.15. The van der Waals surface area contributed by atoms with Crippen molar-refractivity contribution in [3.05, 3.63) is 0 Å². The van der Waals surface area contributed by atoms with Crippen LogP contribution >= 0.6 is 0 Å². The summed E-state index contributed by atoms with van der Waals surface area (Å²) in [6.07, 6.45) is 7.04. The minimum absolute atomic E-state index is 0.0408. The van der Waals surface area contributed by atoms with E-state index in [-0.39, 0.29) is 12.1 Å². The number of nitrogens with zero attached hydrogens (tertiary/aromatic N) is 1. The average molecular weight is 289 g/mol. The van der Waals surface area contributed by atoms with Crippen LogP contribution in [0.25, 0.3) is 0 Å². The Balaban J connectivity index is 1.95. The van der Waals surface area contributed by atoms with Gasteiger partial charge in [-0.1, -0.05) is 26.2 Å². The van der Waals surface area contributed by atoms with E-state index in [0.717, 1.165) is 44.9 Å². The second kappa shape index (κ2) is 6.52. The van der Waals surface area contributed by atoms with Gasteiger partial charge in [-0.05, 0) is 31.6 Å². The van der Waals surface area contributed by atoms with Gasteiger partial charge in [-0.2, -0.15) is 17.4 Å². The van der Waals surface area contributed by atoms with Crippen LogP contribution in [0.5, 0.6) is 0 Å². The van der Waals surface area contributed by atoms with E-state index in [4.69, 9.17) is 5.73 Å². The zero-order valence-corrected chi connectivity index (χ0v) is 12.7. The van der Waals surface area contributed by atoms with Crippen molar-refractivity contribution in [3.8, 4) is 0 Å². The molecule has 1 aliphatic carbocycles. The number of hydrogen-bond donors (Lipinski definition) is 2. The molecule has 0 amide bonds. The molecule has 1 saturated carbocycles. The molecule has 2 atom stereocenters. The van der Waals surface area contributed by atoms with Crippen molar-refractivity contribution in [3.63, 3.8) is 0 Å². The van der Waals surface area contributed by atoms with E-state index in [2.05, 4.69) is 11.6 Å². The van der Waals surface area contributed by atoms with Gasteiger partial charge in [0, 0.05) is 25.2 Å². The molecule has 0 bridgehead atoms. The smallest absolute Gasteiger partial charge is 0.279 e. The topological polar surface area (TPSA) is 75.4 Å². The van der Waals surface area contributed by atoms with Gasteiger partial charge in [-0.15, -0.1) is 0 Å². The summed E-state index contributed by atoms with van der Waals surface area (Å²) >= 11 is 0. The predicted molar refractivity (Wildman–Crippen MR) is 76.9 cm³/mol. The monoisotopic (exact) mass is 289 g/mol. The zero-order valence-electron chi connectivity index (χ0n) is 11.8. The van der Waals surface area contributed by atoms with Crippen molar-refractivity contribution in [1.82, 2.24) is 9.03 Å². The van der Waals surface area contributed by atoms with Gasteiger partial charge in [0.1, 0.15) is 0 Å². The molecule has 2 aliphatic rings. The van der Waals surface area contributed by atoms with Crippen LogP contribution < -0.4 is 10.5 Å². The van der Waals surface area contributed by atoms with Crippen molar-refractivity contribution in [2.24, 2.45) is 11.7 Å². The van der Waals surface area contributed by atoms with Gasteiger partial charge in [-0.3, -0.25) is 0 Å². The predicted octanol–water partition coefficient (Wildman–Crippen LogP) is 1.21. The molecular formula is C13H27N3O2S. The molecule has 1 heterocycles. The fraction of sp³-hybridized carbons (Fsp3) is 1.00. The Morgan fingerprint density at radius 2 is 1.68 bits per heavy atom. The quantitative estimate of drug-likeness (QED) is 0.767. The summed E-state index contributed by atoms with van der Waals surface area (Å²) in [5.41, 5.74) is 6.09. The van der Waals surface area contributed by atoms with Crippen molar-refractivity contribution in [2.45, 2.75) is 64.0 Å². The standard InChI is InChI=1S/C13H27N3O2S/c1-11-7-9-16(10-8-11)19(17,18)15-13-6-4-2-3-5-12(13)14/h11-13,15H,2-10,14H2,1H3. The molecule has 1 saturated heterocycles. The van der Waals surface area contributed by atoms with Gasteiger partial charge in [0.25, 0.3) is 10.2 Å². The first-order chi connectivity index (χ1) is 8.99. The summed E-state index contributed by atoms with van der Waals surface area (Å²) in [7, 11) is -3.35. The van der Waals surface area contributed by atoms with Crippen molar-refractivity contribution < 1.29 is 8.42 Å². The Hall–Kier alpha value is -0.170. The largest absolute Gasteiger partial charge is 0.326 e. The first kappa shape index (κ1) is 15.2. The number of piperidine rings is 1. The fourth-order valence-corrected chi connectivity index (χ4v) is 4.49. The molecule has 112 valence electrons. The highest BCUT2D eigenvalue weighted by Gasteiger charge is 2.31. The lowest BCUT2D eigenvalue weighted by Crippen LogP contribution is -2.53. The molecule has 3 N–H and O–H groups in total. The van der Waals surface area contributed by atoms with Crippen LogP contribution in [0.3, 0.4) is 0 Å². The Morgan fingerprint density at radius 1 is 1.05 bits per heavy atom. The molecule has 0 aromatic carbocycles. The summed E-state index contributed by atoms with van der Waals surface area (Å²) in [5, 5.41) is 0. The Bertz CT molecular complexity index is 377. The normalized spacial score (nSPS) is 32.1. The van der Waals surface area contributed by atoms with Gasteiger partial charge in [0.2, 0.25) is 0 Å². The highest BCUT2D eigenvalue weighted by atomic mass is 32.2. The van der Waals surface area contributed by atoms with E-state index >= 15 is 0 Å². The van der Waals surface area contributed by atoms with E-state index in [1.165, 1.54) is 0 Å². The summed E-state index contributed by atoms with van der Waals surface area (Å²) in [6.45, 7) is 3.45. The number of rotatable bonds is 3. The lowest BCUT2D eigenvalue weighted by molar-refractivity contribution is 0.281. The molecule has 19 heavy (non-hydrogen) atoms. The molecule has 6 heteroatoms. The van der Waals surface area contributed by atoms with Gasteiger partial charge in [0.05, 0.1) is 0 Å². The van der Waals surface area contributed by atoms with Crippen LogP contribution in [0.15, 0.2) is 0 Å². The van der Waals surface area contributed by atoms with Gasteiger partial charge in [-0.25, -0.2) is 0 Å². The lowest BCUT2D eigenvalue weighted by Gasteiger charge is -2.32. The van der Waals surface area contributed by atoms with Gasteiger partial charge < -0.3 is 5.73 Å². The summed E-state index contributed by atoms with van der Waals surface area (Å²) in [4.78, 5) is 0. The first-order valence-corrected chi connectivity index (χ1v) is 8.96. The lowest BCUT2D eigenvalue weighted by atomic mass is 10.0. The maximum atomic E-state index is 12.4. The molecule has 2 unspecified atom stereocenters. The molecule has 0 spiro atoms. The minimum Gasteiger partial charge on any atom is -0.326 e. The molecule has 2 rings (SSSR count). The first-order valence-electron chi connectivity index (χ1n) is 7.52. The summed E-state index contributed by atoms with van der Waals surface area (Å²) < 4.78 is 29.2. The fourth-order valence-electron chi connectivity index (χ4n) is 2.97.